The molecular weight excluding hydrogens is 591 g/mol. The second-order valence-electron chi connectivity index (χ2n) is 8.77. The summed E-state index contributed by atoms with van der Waals surface area (Å²) < 4.78 is 18.8. The van der Waals surface area contributed by atoms with Crippen LogP contribution in [0.3, 0.4) is 0 Å². The van der Waals surface area contributed by atoms with Gasteiger partial charge in [0.2, 0.25) is 0 Å². The van der Waals surface area contributed by atoms with Gasteiger partial charge in [0.15, 0.2) is 16.3 Å². The van der Waals surface area contributed by atoms with Crippen molar-refractivity contribution in [2.45, 2.75) is 26.5 Å². The van der Waals surface area contributed by atoms with E-state index in [-0.39, 0.29) is 18.8 Å². The average molecular weight is 616 g/mol. The summed E-state index contributed by atoms with van der Waals surface area (Å²) in [5.74, 6) is 0.338. The Hall–Kier alpha value is -3.37. The van der Waals surface area contributed by atoms with Crippen molar-refractivity contribution in [1.29, 1.82) is 0 Å². The summed E-state index contributed by atoms with van der Waals surface area (Å²) in [6, 6.07) is 14.0. The number of esters is 1. The van der Waals surface area contributed by atoms with Crippen molar-refractivity contribution < 1.29 is 19.0 Å². The Morgan fingerprint density at radius 1 is 1.18 bits per heavy atom. The quantitative estimate of drug-likeness (QED) is 0.236. The summed E-state index contributed by atoms with van der Waals surface area (Å²) in [6.45, 7) is 4.00. The van der Waals surface area contributed by atoms with Crippen molar-refractivity contribution in [3.05, 3.63) is 111 Å². The van der Waals surface area contributed by atoms with Gasteiger partial charge in [-0.05, 0) is 66.8 Å². The molecule has 0 unspecified atom stereocenters. The minimum Gasteiger partial charge on any atom is -0.493 e. The molecule has 5 rings (SSSR count). The first-order chi connectivity index (χ1) is 19.3. The molecule has 3 heterocycles. The number of hydrogen-bond donors (Lipinski definition) is 0. The maximum absolute atomic E-state index is 13.8. The van der Waals surface area contributed by atoms with Crippen LogP contribution in [-0.4, -0.2) is 24.3 Å². The Labute approximate surface area is 248 Å². The van der Waals surface area contributed by atoms with Crippen LogP contribution in [0.15, 0.2) is 75.0 Å². The fraction of sp³-hybridized carbons (Fsp3) is 0.207. The van der Waals surface area contributed by atoms with E-state index in [4.69, 9.17) is 37.4 Å². The van der Waals surface area contributed by atoms with E-state index in [0.29, 0.717) is 47.7 Å². The number of benzene rings is 2. The molecule has 0 saturated heterocycles. The third-order valence-corrected chi connectivity index (χ3v) is 8.62. The van der Waals surface area contributed by atoms with Gasteiger partial charge in [0.25, 0.3) is 5.56 Å². The van der Waals surface area contributed by atoms with Crippen molar-refractivity contribution in [2.24, 2.45) is 4.99 Å². The largest absolute Gasteiger partial charge is 0.493 e. The van der Waals surface area contributed by atoms with Gasteiger partial charge in [0.1, 0.15) is 12.6 Å². The number of carbonyl (C=O) groups is 1. The second-order valence-corrected chi connectivity index (χ2v) is 11.6. The standard InChI is InChI=1S/C29H24Cl2N2O5S2/c1-4-37-28(35)24-16(2)32-29-33(25(24)22-6-5-11-39-22)27(34)23(40-29)14-18-12-20(31)26(21(13-18)36-3)38-15-17-7-9-19(30)10-8-17/h5-14,25H,4,15H2,1-3H3/b23-14-/t25-/m1/s1. The molecule has 1 aliphatic rings. The number of nitrogens with zero attached hydrogens (tertiary/aromatic N) is 2. The van der Waals surface area contributed by atoms with Crippen molar-refractivity contribution in [3.8, 4) is 11.5 Å². The van der Waals surface area contributed by atoms with Crippen molar-refractivity contribution in [2.75, 3.05) is 13.7 Å². The van der Waals surface area contributed by atoms with E-state index in [1.54, 1.807) is 48.8 Å². The number of rotatable bonds is 8. The zero-order chi connectivity index (χ0) is 28.4. The van der Waals surface area contributed by atoms with Gasteiger partial charge in [0.05, 0.1) is 34.5 Å². The van der Waals surface area contributed by atoms with E-state index in [0.717, 1.165) is 10.4 Å². The Kier molecular flexibility index (Phi) is 8.46. The number of fused-ring (bicyclic) bond motifs is 1. The molecule has 7 nitrogen and oxygen atoms in total. The molecule has 0 aliphatic carbocycles. The van der Waals surface area contributed by atoms with Gasteiger partial charge in [0, 0.05) is 9.90 Å². The molecule has 0 saturated carbocycles. The molecule has 4 aromatic rings. The molecule has 1 aliphatic heterocycles. The number of thiazole rings is 1. The van der Waals surface area contributed by atoms with E-state index in [1.165, 1.54) is 29.8 Å². The van der Waals surface area contributed by atoms with E-state index in [1.807, 2.05) is 29.6 Å². The minimum absolute atomic E-state index is 0.221. The molecule has 0 fully saturated rings. The average Bonchev–Trinajstić information content (AvgIpc) is 3.56. The Morgan fingerprint density at radius 2 is 1.95 bits per heavy atom. The summed E-state index contributed by atoms with van der Waals surface area (Å²) in [5, 5.41) is 2.89. The molecular formula is C29H24Cl2N2O5S2. The lowest BCUT2D eigenvalue weighted by molar-refractivity contribution is -0.139. The van der Waals surface area contributed by atoms with Crippen LogP contribution in [0.5, 0.6) is 11.5 Å². The number of carbonyl (C=O) groups excluding carboxylic acids is 1. The zero-order valence-corrected chi connectivity index (χ0v) is 24.9. The molecule has 0 bridgehead atoms. The number of hydrogen-bond acceptors (Lipinski definition) is 8. The zero-order valence-electron chi connectivity index (χ0n) is 21.8. The normalized spacial score (nSPS) is 15.0. The van der Waals surface area contributed by atoms with Crippen LogP contribution >= 0.6 is 45.9 Å². The van der Waals surface area contributed by atoms with E-state index in [2.05, 4.69) is 4.99 Å². The van der Waals surface area contributed by atoms with Crippen molar-refractivity contribution in [1.82, 2.24) is 4.57 Å². The highest BCUT2D eigenvalue weighted by Crippen LogP contribution is 2.37. The fourth-order valence-corrected chi connectivity index (χ4v) is 6.63. The third kappa shape index (κ3) is 5.60. The van der Waals surface area contributed by atoms with Gasteiger partial charge in [-0.3, -0.25) is 9.36 Å². The first-order valence-corrected chi connectivity index (χ1v) is 14.7. The predicted octanol–water partition coefficient (Wildman–Crippen LogP) is 5.75. The van der Waals surface area contributed by atoms with Gasteiger partial charge in [-0.2, -0.15) is 0 Å². The first-order valence-electron chi connectivity index (χ1n) is 12.3. The maximum atomic E-state index is 13.8. The Morgan fingerprint density at radius 3 is 2.62 bits per heavy atom. The van der Waals surface area contributed by atoms with Crippen LogP contribution in [0.1, 0.15) is 35.9 Å². The highest BCUT2D eigenvalue weighted by Gasteiger charge is 2.33. The molecule has 1 atom stereocenters. The van der Waals surface area contributed by atoms with E-state index >= 15 is 0 Å². The van der Waals surface area contributed by atoms with Gasteiger partial charge in [-0.15, -0.1) is 11.3 Å². The number of ether oxygens (including phenoxy) is 3. The molecule has 40 heavy (non-hydrogen) atoms. The summed E-state index contributed by atoms with van der Waals surface area (Å²) in [6.07, 6.45) is 1.73. The SMILES string of the molecule is CCOC(=O)C1=C(C)N=c2s/c(=C\c3cc(Cl)c(OCc4ccc(Cl)cc4)c(OC)c3)c(=O)n2[C@@H]1c1cccs1. The molecule has 0 N–H and O–H groups in total. The lowest BCUT2D eigenvalue weighted by Gasteiger charge is -2.23. The van der Waals surface area contributed by atoms with Crippen molar-refractivity contribution >= 4 is 57.9 Å². The number of methoxy groups -OCH3 is 1. The number of allylic oxidation sites excluding steroid dienone is 1. The molecule has 0 radical (unpaired) electrons. The summed E-state index contributed by atoms with van der Waals surface area (Å²) in [5.41, 5.74) is 2.19. The van der Waals surface area contributed by atoms with E-state index < -0.39 is 12.0 Å². The number of thiophene rings is 1. The van der Waals surface area contributed by atoms with Crippen LogP contribution in [0.2, 0.25) is 10.0 Å². The molecule has 0 spiro atoms. The second kappa shape index (κ2) is 12.0. The van der Waals surface area contributed by atoms with Gasteiger partial charge >= 0.3 is 5.97 Å². The van der Waals surface area contributed by atoms with Gasteiger partial charge < -0.3 is 14.2 Å². The predicted molar refractivity (Wildman–Crippen MR) is 159 cm³/mol. The lowest BCUT2D eigenvalue weighted by Crippen LogP contribution is -2.39. The molecule has 2 aromatic carbocycles. The Balaban J connectivity index is 1.54. The van der Waals surface area contributed by atoms with Crippen LogP contribution in [0.4, 0.5) is 0 Å². The number of aromatic nitrogens is 1. The first kappa shape index (κ1) is 28.2. The molecule has 0 amide bonds. The summed E-state index contributed by atoms with van der Waals surface area (Å²) in [7, 11) is 1.53. The molecule has 11 heteroatoms. The summed E-state index contributed by atoms with van der Waals surface area (Å²) in [4.78, 5) is 32.6. The molecule has 206 valence electrons. The fourth-order valence-electron chi connectivity index (χ4n) is 4.36. The topological polar surface area (TPSA) is 79.1 Å². The smallest absolute Gasteiger partial charge is 0.338 e. The van der Waals surface area contributed by atoms with Crippen LogP contribution in [-0.2, 0) is 16.1 Å². The lowest BCUT2D eigenvalue weighted by atomic mass is 10.0. The van der Waals surface area contributed by atoms with Crippen LogP contribution in [0.25, 0.3) is 6.08 Å². The summed E-state index contributed by atoms with van der Waals surface area (Å²) >= 11 is 15.3. The Bertz CT molecular complexity index is 1770. The van der Waals surface area contributed by atoms with Crippen molar-refractivity contribution in [3.63, 3.8) is 0 Å². The molecule has 2 aromatic heterocycles. The van der Waals surface area contributed by atoms with E-state index in [9.17, 15) is 9.59 Å². The third-order valence-electron chi connectivity index (χ3n) is 6.18. The monoisotopic (exact) mass is 614 g/mol. The van der Waals surface area contributed by atoms with Crippen LogP contribution < -0.4 is 24.4 Å². The highest BCUT2D eigenvalue weighted by atomic mass is 35.5. The van der Waals surface area contributed by atoms with Gasteiger partial charge in [-0.1, -0.05) is 52.7 Å². The maximum Gasteiger partial charge on any atom is 0.338 e. The minimum atomic E-state index is -0.626. The van der Waals surface area contributed by atoms with Gasteiger partial charge in [-0.25, -0.2) is 9.79 Å². The van der Waals surface area contributed by atoms with Crippen LogP contribution in [0, 0.1) is 0 Å². The number of halogens is 2. The highest BCUT2D eigenvalue weighted by molar-refractivity contribution is 7.10.